The first kappa shape index (κ1) is 19.1. The maximum atomic E-state index is 13.7. The van der Waals surface area contributed by atoms with Crippen molar-refractivity contribution in [3.05, 3.63) is 35.1 Å². The lowest BCUT2D eigenvalue weighted by atomic mass is 9.95. The molecule has 1 saturated heterocycles. The van der Waals surface area contributed by atoms with Gasteiger partial charge >= 0.3 is 6.18 Å². The van der Waals surface area contributed by atoms with Crippen molar-refractivity contribution in [2.24, 2.45) is 0 Å². The number of piperazine rings is 1. The number of nitrogens with zero attached hydrogens (tertiary/aromatic N) is 1. The highest BCUT2D eigenvalue weighted by Crippen LogP contribution is 2.39. The van der Waals surface area contributed by atoms with Gasteiger partial charge in [-0.1, -0.05) is 12.1 Å². The third-order valence-electron chi connectivity index (χ3n) is 3.66. The van der Waals surface area contributed by atoms with E-state index in [2.05, 4.69) is 5.32 Å². The van der Waals surface area contributed by atoms with Gasteiger partial charge in [-0.2, -0.15) is 13.2 Å². The highest BCUT2D eigenvalue weighted by molar-refractivity contribution is 5.85. The van der Waals surface area contributed by atoms with Crippen molar-refractivity contribution < 1.29 is 22.0 Å². The molecule has 1 N–H and O–H groups in total. The molecule has 2 nitrogen and oxygen atoms in total. The first-order valence-corrected chi connectivity index (χ1v) is 6.81. The summed E-state index contributed by atoms with van der Waals surface area (Å²) < 4.78 is 65.8. The fraction of sp³-hybridized carbons (Fsp3) is 0.571. The third-order valence-corrected chi connectivity index (χ3v) is 3.66. The van der Waals surface area contributed by atoms with Gasteiger partial charge in [0.1, 0.15) is 5.82 Å². The summed E-state index contributed by atoms with van der Waals surface area (Å²) in [5.41, 5.74) is -1.45. The zero-order chi connectivity index (χ0) is 15.5. The molecule has 1 aliphatic heterocycles. The summed E-state index contributed by atoms with van der Waals surface area (Å²) in [7, 11) is 0. The molecular formula is C14H18ClF5N2. The molecule has 1 aliphatic rings. The van der Waals surface area contributed by atoms with Crippen LogP contribution in [0.5, 0.6) is 0 Å². The predicted octanol–water partition coefficient (Wildman–Crippen LogP) is 3.57. The average Bonchev–Trinajstić information content (AvgIpc) is 2.44. The topological polar surface area (TPSA) is 15.3 Å². The lowest BCUT2D eigenvalue weighted by Crippen LogP contribution is -2.45. The van der Waals surface area contributed by atoms with E-state index >= 15 is 0 Å². The van der Waals surface area contributed by atoms with Crippen LogP contribution in [0.4, 0.5) is 22.0 Å². The quantitative estimate of drug-likeness (QED) is 0.840. The standard InChI is InChI=1S/C14H17F5N2.ClH/c15-5-4-12(21-8-6-20-7-9-21)10-2-1-3-11(16)13(10)14(17,18)19;/h1-3,12,20H,4-9H2;1H/t12-;/m1./s1. The Hall–Kier alpha value is -0.920. The van der Waals surface area contributed by atoms with Crippen molar-refractivity contribution in [3.8, 4) is 0 Å². The molecule has 22 heavy (non-hydrogen) atoms. The number of nitrogens with one attached hydrogen (secondary N) is 1. The zero-order valence-electron chi connectivity index (χ0n) is 11.8. The van der Waals surface area contributed by atoms with E-state index in [1.807, 2.05) is 0 Å². The molecule has 0 saturated carbocycles. The summed E-state index contributed by atoms with van der Waals surface area (Å²) in [6.45, 7) is 1.53. The van der Waals surface area contributed by atoms with Crippen molar-refractivity contribution in [2.45, 2.75) is 18.6 Å². The van der Waals surface area contributed by atoms with Crippen LogP contribution in [0.2, 0.25) is 0 Å². The monoisotopic (exact) mass is 344 g/mol. The molecule has 0 aromatic heterocycles. The Kier molecular flexibility index (Phi) is 7.02. The van der Waals surface area contributed by atoms with Gasteiger partial charge < -0.3 is 5.32 Å². The number of alkyl halides is 4. The van der Waals surface area contributed by atoms with Gasteiger partial charge in [0.15, 0.2) is 0 Å². The molecule has 8 heteroatoms. The summed E-state index contributed by atoms with van der Waals surface area (Å²) in [6.07, 6.45) is -4.87. The number of hydrogen-bond donors (Lipinski definition) is 1. The van der Waals surface area contributed by atoms with Crippen molar-refractivity contribution >= 4 is 12.4 Å². The van der Waals surface area contributed by atoms with Gasteiger partial charge in [0.05, 0.1) is 12.2 Å². The van der Waals surface area contributed by atoms with Crippen LogP contribution in [0.1, 0.15) is 23.6 Å². The molecule has 0 aliphatic carbocycles. The maximum absolute atomic E-state index is 13.7. The summed E-state index contributed by atoms with van der Waals surface area (Å²) in [4.78, 5) is 1.78. The highest BCUT2D eigenvalue weighted by Gasteiger charge is 2.39. The van der Waals surface area contributed by atoms with Gasteiger partial charge in [0, 0.05) is 32.2 Å². The molecule has 1 aromatic carbocycles. The first-order valence-electron chi connectivity index (χ1n) is 6.81. The summed E-state index contributed by atoms with van der Waals surface area (Å²) in [5, 5.41) is 3.09. The van der Waals surface area contributed by atoms with Crippen LogP contribution in [0.25, 0.3) is 0 Å². The van der Waals surface area contributed by atoms with Crippen LogP contribution in [0, 0.1) is 5.82 Å². The molecule has 0 spiro atoms. The average molecular weight is 345 g/mol. The molecule has 0 amide bonds. The van der Waals surface area contributed by atoms with E-state index in [0.29, 0.717) is 26.2 Å². The number of benzene rings is 1. The fourth-order valence-electron chi connectivity index (χ4n) is 2.75. The molecular weight excluding hydrogens is 327 g/mol. The smallest absolute Gasteiger partial charge is 0.314 e. The molecule has 1 aromatic rings. The minimum Gasteiger partial charge on any atom is -0.314 e. The van der Waals surface area contributed by atoms with Gasteiger partial charge in [0.25, 0.3) is 0 Å². The van der Waals surface area contributed by atoms with Crippen LogP contribution < -0.4 is 5.32 Å². The van der Waals surface area contributed by atoms with Crippen molar-refractivity contribution in [1.29, 1.82) is 0 Å². The van der Waals surface area contributed by atoms with E-state index in [0.717, 1.165) is 6.07 Å². The molecule has 0 unspecified atom stereocenters. The molecule has 1 heterocycles. The second-order valence-electron chi connectivity index (χ2n) is 4.98. The molecule has 0 radical (unpaired) electrons. The Labute approximate surface area is 132 Å². The lowest BCUT2D eigenvalue weighted by molar-refractivity contribution is -0.141. The summed E-state index contributed by atoms with van der Waals surface area (Å²) in [5.74, 6) is -1.31. The van der Waals surface area contributed by atoms with Gasteiger partial charge in [0.2, 0.25) is 0 Å². The Bertz CT molecular complexity index is 475. The molecule has 1 atom stereocenters. The van der Waals surface area contributed by atoms with Crippen LogP contribution in [-0.2, 0) is 6.18 Å². The fourth-order valence-corrected chi connectivity index (χ4v) is 2.75. The van der Waals surface area contributed by atoms with Crippen molar-refractivity contribution in [1.82, 2.24) is 10.2 Å². The SMILES string of the molecule is Cl.FCC[C@H](c1cccc(F)c1C(F)(F)F)N1CCNCC1. The van der Waals surface area contributed by atoms with E-state index in [9.17, 15) is 22.0 Å². The van der Waals surface area contributed by atoms with Crippen molar-refractivity contribution in [3.63, 3.8) is 0 Å². The minimum atomic E-state index is -4.79. The van der Waals surface area contributed by atoms with E-state index in [1.165, 1.54) is 12.1 Å². The molecule has 0 bridgehead atoms. The second kappa shape index (κ2) is 8.08. The second-order valence-corrected chi connectivity index (χ2v) is 4.98. The Balaban J connectivity index is 0.00000242. The Morgan fingerprint density at radius 3 is 2.36 bits per heavy atom. The van der Waals surface area contributed by atoms with E-state index in [1.54, 1.807) is 4.90 Å². The number of rotatable bonds is 4. The van der Waals surface area contributed by atoms with Gasteiger partial charge in [-0.25, -0.2) is 4.39 Å². The summed E-state index contributed by atoms with van der Waals surface area (Å²) >= 11 is 0. The van der Waals surface area contributed by atoms with Gasteiger partial charge in [-0.05, 0) is 18.1 Å². The lowest BCUT2D eigenvalue weighted by Gasteiger charge is -2.36. The van der Waals surface area contributed by atoms with Gasteiger partial charge in [-0.15, -0.1) is 12.4 Å². The van der Waals surface area contributed by atoms with Crippen molar-refractivity contribution in [2.75, 3.05) is 32.9 Å². The number of hydrogen-bond acceptors (Lipinski definition) is 2. The zero-order valence-corrected chi connectivity index (χ0v) is 12.6. The normalized spacial score (nSPS) is 17.9. The van der Waals surface area contributed by atoms with Crippen LogP contribution in [-0.4, -0.2) is 37.8 Å². The maximum Gasteiger partial charge on any atom is 0.419 e. The molecule has 126 valence electrons. The molecule has 2 rings (SSSR count). The van der Waals surface area contributed by atoms with Crippen LogP contribution >= 0.6 is 12.4 Å². The Morgan fingerprint density at radius 1 is 1.18 bits per heavy atom. The first-order chi connectivity index (χ1) is 9.95. The van der Waals surface area contributed by atoms with Crippen LogP contribution in [0.15, 0.2) is 18.2 Å². The minimum absolute atomic E-state index is 0. The van der Waals surface area contributed by atoms with E-state index in [-0.39, 0.29) is 24.4 Å². The van der Waals surface area contributed by atoms with E-state index in [4.69, 9.17) is 0 Å². The molecule has 1 fully saturated rings. The third kappa shape index (κ3) is 4.30. The Morgan fingerprint density at radius 2 is 1.82 bits per heavy atom. The van der Waals surface area contributed by atoms with Crippen LogP contribution in [0.3, 0.4) is 0 Å². The largest absolute Gasteiger partial charge is 0.419 e. The van der Waals surface area contributed by atoms with Gasteiger partial charge in [-0.3, -0.25) is 9.29 Å². The highest BCUT2D eigenvalue weighted by atomic mass is 35.5. The predicted molar refractivity (Wildman–Crippen MR) is 76.4 cm³/mol. The summed E-state index contributed by atoms with van der Waals surface area (Å²) in [6, 6.07) is 2.52. The van der Waals surface area contributed by atoms with E-state index < -0.39 is 30.3 Å². The number of halogens is 6.